The number of rotatable bonds is 12. The lowest BCUT2D eigenvalue weighted by molar-refractivity contribution is -0.121. The van der Waals surface area contributed by atoms with Gasteiger partial charge in [0.1, 0.15) is 18.1 Å². The summed E-state index contributed by atoms with van der Waals surface area (Å²) in [4.78, 5) is 28.1. The molecule has 2 N–H and O–H groups in total. The van der Waals surface area contributed by atoms with Gasteiger partial charge in [0.05, 0.1) is 6.61 Å². The number of pyridine rings is 1. The molecule has 1 heterocycles. The van der Waals surface area contributed by atoms with Crippen molar-refractivity contribution >= 4 is 12.0 Å². The van der Waals surface area contributed by atoms with Gasteiger partial charge in [-0.3, -0.25) is 4.79 Å². The van der Waals surface area contributed by atoms with Crippen molar-refractivity contribution < 1.29 is 23.8 Å². The van der Waals surface area contributed by atoms with E-state index in [1.807, 2.05) is 67.6 Å². The molecule has 0 spiro atoms. The first kappa shape index (κ1) is 24.6. The average molecular weight is 464 g/mol. The van der Waals surface area contributed by atoms with Gasteiger partial charge in [-0.05, 0) is 54.8 Å². The highest BCUT2D eigenvalue weighted by Gasteiger charge is 2.06. The molecule has 1 aromatic heterocycles. The zero-order valence-electron chi connectivity index (χ0n) is 19.2. The summed E-state index contributed by atoms with van der Waals surface area (Å²) in [6.07, 6.45) is 1.94. The van der Waals surface area contributed by atoms with Gasteiger partial charge in [-0.25, -0.2) is 9.78 Å². The summed E-state index contributed by atoms with van der Waals surface area (Å²) in [7, 11) is 0. The summed E-state index contributed by atoms with van der Waals surface area (Å²) in [5.74, 6) is 1.75. The maximum Gasteiger partial charge on any atom is 0.407 e. The van der Waals surface area contributed by atoms with Crippen LogP contribution in [0.25, 0.3) is 0 Å². The summed E-state index contributed by atoms with van der Waals surface area (Å²) >= 11 is 0. The summed E-state index contributed by atoms with van der Waals surface area (Å²) in [5.41, 5.74) is 1.79. The number of hydrogen-bond acceptors (Lipinski definition) is 6. The van der Waals surface area contributed by atoms with E-state index in [0.29, 0.717) is 44.2 Å². The van der Waals surface area contributed by atoms with Crippen molar-refractivity contribution in [3.8, 4) is 17.4 Å². The third kappa shape index (κ3) is 8.82. The number of amides is 2. The summed E-state index contributed by atoms with van der Waals surface area (Å²) < 4.78 is 16.3. The molecule has 2 aromatic carbocycles. The van der Waals surface area contributed by atoms with Crippen LogP contribution in [0.3, 0.4) is 0 Å². The first-order valence-electron chi connectivity index (χ1n) is 11.2. The first-order valence-corrected chi connectivity index (χ1v) is 11.2. The van der Waals surface area contributed by atoms with Gasteiger partial charge >= 0.3 is 6.09 Å². The van der Waals surface area contributed by atoms with Crippen LogP contribution in [0, 0.1) is 0 Å². The highest BCUT2D eigenvalue weighted by molar-refractivity contribution is 5.76. The van der Waals surface area contributed by atoms with Gasteiger partial charge in [0, 0.05) is 31.8 Å². The monoisotopic (exact) mass is 463 g/mol. The fourth-order valence-electron chi connectivity index (χ4n) is 3.01. The predicted molar refractivity (Wildman–Crippen MR) is 128 cm³/mol. The fraction of sp³-hybridized carbons (Fsp3) is 0.269. The molecule has 0 unspecified atom stereocenters. The van der Waals surface area contributed by atoms with Gasteiger partial charge < -0.3 is 24.8 Å². The van der Waals surface area contributed by atoms with E-state index >= 15 is 0 Å². The van der Waals surface area contributed by atoms with Crippen LogP contribution >= 0.6 is 0 Å². The molecule has 178 valence electrons. The Kier molecular flexibility index (Phi) is 9.73. The molecule has 8 heteroatoms. The molecule has 0 aliphatic heterocycles. The van der Waals surface area contributed by atoms with Crippen molar-refractivity contribution in [1.82, 2.24) is 15.6 Å². The van der Waals surface area contributed by atoms with E-state index < -0.39 is 6.09 Å². The zero-order chi connectivity index (χ0) is 24.0. The number of aromatic nitrogens is 1. The molecule has 0 saturated heterocycles. The maximum absolute atomic E-state index is 12.1. The Morgan fingerprint density at radius 3 is 2.44 bits per heavy atom. The van der Waals surface area contributed by atoms with Gasteiger partial charge in [0.2, 0.25) is 11.8 Å². The zero-order valence-corrected chi connectivity index (χ0v) is 19.2. The standard InChI is InChI=1S/C26H29N3O5/c1-2-32-22-10-12-23(13-11-22)34-25-17-21(14-16-27-25)18-29-24(30)9-6-15-28-26(31)33-19-20-7-4-3-5-8-20/h3-5,7-8,10-14,16-17H,2,6,9,15,18-19H2,1H3,(H,28,31)(H,29,30). The van der Waals surface area contributed by atoms with Crippen LogP contribution < -0.4 is 20.1 Å². The molecule has 0 atom stereocenters. The first-order chi connectivity index (χ1) is 16.6. The SMILES string of the molecule is CCOc1ccc(Oc2cc(CNC(=O)CCCNC(=O)OCc3ccccc3)ccn2)cc1. The minimum absolute atomic E-state index is 0.106. The molecule has 2 amide bonds. The number of ether oxygens (including phenoxy) is 3. The number of benzene rings is 2. The Morgan fingerprint density at radius 2 is 1.68 bits per heavy atom. The summed E-state index contributed by atoms with van der Waals surface area (Å²) in [5, 5.41) is 5.51. The van der Waals surface area contributed by atoms with Crippen LogP contribution in [0.2, 0.25) is 0 Å². The average Bonchev–Trinajstić information content (AvgIpc) is 2.86. The predicted octanol–water partition coefficient (Wildman–Crippen LogP) is 4.60. The van der Waals surface area contributed by atoms with E-state index in [2.05, 4.69) is 15.6 Å². The molecule has 3 rings (SSSR count). The minimum atomic E-state index is -0.499. The second kappa shape index (κ2) is 13.5. The third-order valence-corrected chi connectivity index (χ3v) is 4.71. The number of nitrogens with zero attached hydrogens (tertiary/aromatic N) is 1. The van der Waals surface area contributed by atoms with Crippen molar-refractivity contribution in [2.45, 2.75) is 32.9 Å². The lowest BCUT2D eigenvalue weighted by atomic mass is 10.2. The molecule has 3 aromatic rings. The topological polar surface area (TPSA) is 98.8 Å². The number of hydrogen-bond donors (Lipinski definition) is 2. The molecular formula is C26H29N3O5. The highest BCUT2D eigenvalue weighted by atomic mass is 16.5. The molecule has 0 fully saturated rings. The molecule has 0 bridgehead atoms. The largest absolute Gasteiger partial charge is 0.494 e. The maximum atomic E-state index is 12.1. The molecular weight excluding hydrogens is 434 g/mol. The lowest BCUT2D eigenvalue weighted by Crippen LogP contribution is -2.27. The van der Waals surface area contributed by atoms with Crippen LogP contribution in [0.5, 0.6) is 17.4 Å². The Morgan fingerprint density at radius 1 is 0.912 bits per heavy atom. The normalized spacial score (nSPS) is 10.3. The highest BCUT2D eigenvalue weighted by Crippen LogP contribution is 2.23. The van der Waals surface area contributed by atoms with Gasteiger partial charge in [0.25, 0.3) is 0 Å². The third-order valence-electron chi connectivity index (χ3n) is 4.71. The number of carbonyl (C=O) groups excluding carboxylic acids is 2. The quantitative estimate of drug-likeness (QED) is 0.381. The van der Waals surface area contributed by atoms with E-state index in [0.717, 1.165) is 16.9 Å². The van der Waals surface area contributed by atoms with E-state index in [4.69, 9.17) is 14.2 Å². The molecule has 0 aliphatic rings. The Labute approximate surface area is 199 Å². The molecule has 34 heavy (non-hydrogen) atoms. The van der Waals surface area contributed by atoms with Gasteiger partial charge in [-0.15, -0.1) is 0 Å². The van der Waals surface area contributed by atoms with E-state index in [-0.39, 0.29) is 12.5 Å². The van der Waals surface area contributed by atoms with Crippen LogP contribution in [0.15, 0.2) is 72.9 Å². The second-order valence-electron chi connectivity index (χ2n) is 7.38. The molecule has 0 saturated carbocycles. The number of carbonyl (C=O) groups is 2. The smallest absolute Gasteiger partial charge is 0.407 e. The van der Waals surface area contributed by atoms with Crippen LogP contribution in [0.1, 0.15) is 30.9 Å². The van der Waals surface area contributed by atoms with Crippen LogP contribution in [-0.4, -0.2) is 30.1 Å². The van der Waals surface area contributed by atoms with E-state index in [1.54, 1.807) is 12.3 Å². The molecule has 0 radical (unpaired) electrons. The minimum Gasteiger partial charge on any atom is -0.494 e. The Hall–Kier alpha value is -4.07. The van der Waals surface area contributed by atoms with Crippen molar-refractivity contribution in [3.05, 3.63) is 84.1 Å². The fourth-order valence-corrected chi connectivity index (χ4v) is 3.01. The van der Waals surface area contributed by atoms with Crippen LogP contribution in [-0.2, 0) is 22.7 Å². The summed E-state index contributed by atoms with van der Waals surface area (Å²) in [6.45, 7) is 3.46. The Bertz CT molecular complexity index is 1040. The number of alkyl carbamates (subject to hydrolysis) is 1. The van der Waals surface area contributed by atoms with Gasteiger partial charge in [-0.1, -0.05) is 30.3 Å². The lowest BCUT2D eigenvalue weighted by Gasteiger charge is -2.09. The van der Waals surface area contributed by atoms with E-state index in [9.17, 15) is 9.59 Å². The second-order valence-corrected chi connectivity index (χ2v) is 7.38. The molecule has 8 nitrogen and oxygen atoms in total. The van der Waals surface area contributed by atoms with Crippen molar-refractivity contribution in [2.24, 2.45) is 0 Å². The van der Waals surface area contributed by atoms with Gasteiger partial charge in [0.15, 0.2) is 0 Å². The Balaban J connectivity index is 1.32. The number of nitrogens with one attached hydrogen (secondary N) is 2. The van der Waals surface area contributed by atoms with Crippen molar-refractivity contribution in [1.29, 1.82) is 0 Å². The van der Waals surface area contributed by atoms with E-state index in [1.165, 1.54) is 0 Å². The summed E-state index contributed by atoms with van der Waals surface area (Å²) in [6, 6.07) is 20.3. The van der Waals surface area contributed by atoms with Crippen molar-refractivity contribution in [2.75, 3.05) is 13.2 Å². The van der Waals surface area contributed by atoms with Gasteiger partial charge in [-0.2, -0.15) is 0 Å². The van der Waals surface area contributed by atoms with Crippen LogP contribution in [0.4, 0.5) is 4.79 Å². The molecule has 0 aliphatic carbocycles. The van der Waals surface area contributed by atoms with Crippen molar-refractivity contribution in [3.63, 3.8) is 0 Å².